The molecule has 1 N–H and O–H groups in total. The van der Waals surface area contributed by atoms with E-state index in [1.54, 1.807) is 18.3 Å². The third-order valence-electron chi connectivity index (χ3n) is 7.11. The predicted octanol–water partition coefficient (Wildman–Crippen LogP) is 5.20. The zero-order chi connectivity index (χ0) is 20.9. The van der Waals surface area contributed by atoms with Crippen molar-refractivity contribution in [2.75, 3.05) is 0 Å². The minimum Gasteiger partial charge on any atom is -0.384 e. The van der Waals surface area contributed by atoms with Gasteiger partial charge in [-0.15, -0.1) is 0 Å². The number of pyridine rings is 1. The third kappa shape index (κ3) is 2.91. The zero-order valence-electron chi connectivity index (χ0n) is 17.3. The van der Waals surface area contributed by atoms with Crippen LogP contribution >= 0.6 is 0 Å². The summed E-state index contributed by atoms with van der Waals surface area (Å²) in [4.78, 5) is 9.12. The predicted molar refractivity (Wildman–Crippen MR) is 115 cm³/mol. The van der Waals surface area contributed by atoms with Gasteiger partial charge in [-0.05, 0) is 68.7 Å². The van der Waals surface area contributed by atoms with E-state index in [2.05, 4.69) is 27.5 Å². The maximum atomic E-state index is 13.4. The van der Waals surface area contributed by atoms with Crippen molar-refractivity contribution >= 4 is 6.08 Å². The lowest BCUT2D eigenvalue weighted by molar-refractivity contribution is -0.0742. The molecule has 1 saturated carbocycles. The van der Waals surface area contributed by atoms with Gasteiger partial charge < -0.3 is 9.67 Å². The minimum atomic E-state index is -1.02. The molecule has 2 aromatic heterocycles. The van der Waals surface area contributed by atoms with Crippen molar-refractivity contribution in [2.45, 2.75) is 45.3 Å². The van der Waals surface area contributed by atoms with Crippen LogP contribution in [0.25, 0.3) is 17.3 Å². The molecule has 4 nitrogen and oxygen atoms in total. The zero-order valence-corrected chi connectivity index (χ0v) is 17.3. The number of hydrogen-bond acceptors (Lipinski definition) is 3. The molecule has 0 bridgehead atoms. The molecular formula is C25H26FN3O. The first-order valence-electron chi connectivity index (χ1n) is 10.6. The Bertz CT molecular complexity index is 1100. The molecule has 30 heavy (non-hydrogen) atoms. The topological polar surface area (TPSA) is 50.9 Å². The molecule has 3 atom stereocenters. The summed E-state index contributed by atoms with van der Waals surface area (Å²) in [5.41, 5.74) is 3.72. The molecule has 2 aliphatic rings. The molecule has 1 aliphatic carbocycles. The summed E-state index contributed by atoms with van der Waals surface area (Å²) in [6.07, 6.45) is 8.86. The minimum absolute atomic E-state index is 0.0460. The summed E-state index contributed by atoms with van der Waals surface area (Å²) in [7, 11) is 0. The summed E-state index contributed by atoms with van der Waals surface area (Å²) in [5.74, 6) is -0.200. The van der Waals surface area contributed by atoms with Crippen molar-refractivity contribution in [3.05, 3.63) is 77.8 Å². The highest BCUT2D eigenvalue weighted by Gasteiger charge is 2.51. The van der Waals surface area contributed by atoms with Gasteiger partial charge in [0.25, 0.3) is 0 Å². The Kier molecular flexibility index (Phi) is 4.40. The number of aromatic nitrogens is 3. The first-order chi connectivity index (χ1) is 14.4. The summed E-state index contributed by atoms with van der Waals surface area (Å²) in [6, 6.07) is 12.2. The number of halogens is 1. The largest absolute Gasteiger partial charge is 0.384 e. The average molecular weight is 404 g/mol. The maximum Gasteiger partial charge on any atom is 0.123 e. The van der Waals surface area contributed by atoms with Gasteiger partial charge in [0.05, 0.1) is 23.4 Å². The molecule has 1 fully saturated rings. The number of nitrogens with zero attached hydrogens (tertiary/aromatic N) is 3. The number of fused-ring (bicyclic) bond motifs is 2. The number of allylic oxidation sites excluding steroid dienone is 1. The van der Waals surface area contributed by atoms with Crippen molar-refractivity contribution in [1.29, 1.82) is 0 Å². The molecule has 1 aromatic carbocycles. The molecule has 1 aliphatic heterocycles. The van der Waals surface area contributed by atoms with Crippen LogP contribution in [0.15, 0.2) is 60.6 Å². The number of aliphatic hydroxyl groups is 1. The van der Waals surface area contributed by atoms with Gasteiger partial charge in [-0.2, -0.15) is 0 Å². The number of hydrogen-bond donors (Lipinski definition) is 1. The lowest BCUT2D eigenvalue weighted by Gasteiger charge is -2.51. The highest BCUT2D eigenvalue weighted by molar-refractivity contribution is 5.72. The van der Waals surface area contributed by atoms with Gasteiger partial charge in [-0.1, -0.05) is 18.6 Å². The lowest BCUT2D eigenvalue weighted by atomic mass is 9.57. The standard InChI is InChI=1S/C25H26FN3O/c1-24-15-29-16-28-23(17-9-11-19(26)12-10-17)20(29)14-18(24)6-5-7-21(24)25(2,30)22-8-3-4-13-27-22/h3-4,8-14,16,21,30H,5-7,15H2,1-2H3/t21-,24-,25-/m0/s1. The van der Waals surface area contributed by atoms with E-state index in [9.17, 15) is 9.50 Å². The molecule has 0 radical (unpaired) electrons. The van der Waals surface area contributed by atoms with Crippen LogP contribution in [-0.4, -0.2) is 19.6 Å². The van der Waals surface area contributed by atoms with Crippen molar-refractivity contribution in [2.24, 2.45) is 11.3 Å². The summed E-state index contributed by atoms with van der Waals surface area (Å²) in [6.45, 7) is 4.93. The fourth-order valence-electron chi connectivity index (χ4n) is 5.53. The molecular weight excluding hydrogens is 377 g/mol. The van der Waals surface area contributed by atoms with Gasteiger partial charge in [0.15, 0.2) is 0 Å². The maximum absolute atomic E-state index is 13.4. The second-order valence-corrected chi connectivity index (χ2v) is 9.01. The van der Waals surface area contributed by atoms with Gasteiger partial charge >= 0.3 is 0 Å². The molecule has 3 heterocycles. The fraction of sp³-hybridized carbons (Fsp3) is 0.360. The SMILES string of the molecule is C[C@]12Cn3cnc(-c4ccc(F)cc4)c3C=C1CCC[C@@H]2[C@](C)(O)c1ccccn1. The lowest BCUT2D eigenvalue weighted by Crippen LogP contribution is -2.49. The van der Waals surface area contributed by atoms with E-state index >= 15 is 0 Å². The van der Waals surface area contributed by atoms with Crippen LogP contribution in [0.1, 0.15) is 44.5 Å². The molecule has 154 valence electrons. The van der Waals surface area contributed by atoms with Crippen LogP contribution in [0.5, 0.6) is 0 Å². The van der Waals surface area contributed by atoms with Gasteiger partial charge in [0.1, 0.15) is 11.4 Å². The number of imidazole rings is 1. The Balaban J connectivity index is 1.56. The van der Waals surface area contributed by atoms with Gasteiger partial charge in [-0.25, -0.2) is 9.37 Å². The first kappa shape index (κ1) is 19.2. The third-order valence-corrected chi connectivity index (χ3v) is 7.11. The van der Waals surface area contributed by atoms with E-state index in [1.807, 2.05) is 31.5 Å². The van der Waals surface area contributed by atoms with Crippen LogP contribution in [0.2, 0.25) is 0 Å². The van der Waals surface area contributed by atoms with Crippen molar-refractivity contribution in [3.8, 4) is 11.3 Å². The van der Waals surface area contributed by atoms with Crippen LogP contribution in [0, 0.1) is 17.2 Å². The van der Waals surface area contributed by atoms with Crippen LogP contribution < -0.4 is 0 Å². The average Bonchev–Trinajstić information content (AvgIpc) is 3.14. The Morgan fingerprint density at radius 1 is 1.17 bits per heavy atom. The molecule has 5 heteroatoms. The summed E-state index contributed by atoms with van der Waals surface area (Å²) >= 11 is 0. The molecule has 0 unspecified atom stereocenters. The Labute approximate surface area is 176 Å². The quantitative estimate of drug-likeness (QED) is 0.654. The van der Waals surface area contributed by atoms with Crippen molar-refractivity contribution in [3.63, 3.8) is 0 Å². The molecule has 0 spiro atoms. The van der Waals surface area contributed by atoms with Crippen LogP contribution in [-0.2, 0) is 12.1 Å². The van der Waals surface area contributed by atoms with Crippen molar-refractivity contribution < 1.29 is 9.50 Å². The molecule has 5 rings (SSSR count). The molecule has 0 amide bonds. The monoisotopic (exact) mass is 403 g/mol. The van der Waals surface area contributed by atoms with Crippen LogP contribution in [0.4, 0.5) is 4.39 Å². The van der Waals surface area contributed by atoms with E-state index in [4.69, 9.17) is 0 Å². The highest BCUT2D eigenvalue weighted by atomic mass is 19.1. The summed E-state index contributed by atoms with van der Waals surface area (Å²) < 4.78 is 15.5. The fourth-order valence-corrected chi connectivity index (χ4v) is 5.53. The van der Waals surface area contributed by atoms with Crippen LogP contribution in [0.3, 0.4) is 0 Å². The Morgan fingerprint density at radius 2 is 1.97 bits per heavy atom. The molecule has 3 aromatic rings. The van der Waals surface area contributed by atoms with E-state index in [0.29, 0.717) is 0 Å². The normalized spacial score (nSPS) is 25.1. The smallest absolute Gasteiger partial charge is 0.123 e. The molecule has 0 saturated heterocycles. The first-order valence-corrected chi connectivity index (χ1v) is 10.6. The van der Waals surface area contributed by atoms with Crippen molar-refractivity contribution in [1.82, 2.24) is 14.5 Å². The van der Waals surface area contributed by atoms with E-state index in [1.165, 1.54) is 17.7 Å². The number of benzene rings is 1. The van der Waals surface area contributed by atoms with E-state index in [0.717, 1.165) is 48.5 Å². The van der Waals surface area contributed by atoms with Gasteiger partial charge in [0.2, 0.25) is 0 Å². The van der Waals surface area contributed by atoms with Gasteiger partial charge in [0, 0.05) is 29.6 Å². The number of rotatable bonds is 3. The van der Waals surface area contributed by atoms with Gasteiger partial charge in [-0.3, -0.25) is 4.98 Å². The summed E-state index contributed by atoms with van der Waals surface area (Å²) in [5, 5.41) is 11.6. The Morgan fingerprint density at radius 3 is 2.70 bits per heavy atom. The highest BCUT2D eigenvalue weighted by Crippen LogP contribution is 2.55. The second-order valence-electron chi connectivity index (χ2n) is 9.01. The Hall–Kier alpha value is -2.79. The second kappa shape index (κ2) is 6.88. The van der Waals surface area contributed by atoms with E-state index in [-0.39, 0.29) is 17.2 Å². The van der Waals surface area contributed by atoms with E-state index < -0.39 is 5.60 Å².